The van der Waals surface area contributed by atoms with Crippen LogP contribution < -0.4 is 19.7 Å². The van der Waals surface area contributed by atoms with E-state index in [1.807, 2.05) is 60.3 Å². The molecule has 4 heteroatoms. The number of hydrazine groups is 1. The predicted octanol–water partition coefficient (Wildman–Crippen LogP) is 1.66. The summed E-state index contributed by atoms with van der Waals surface area (Å²) < 4.78 is 7.17. The first-order valence-corrected chi connectivity index (χ1v) is 6.24. The van der Waals surface area contributed by atoms with Crippen LogP contribution in [0.1, 0.15) is 5.56 Å². The second-order valence-corrected chi connectivity index (χ2v) is 4.46. The lowest BCUT2D eigenvalue weighted by molar-refractivity contribution is -0.671. The first-order chi connectivity index (χ1) is 9.19. The molecule has 19 heavy (non-hydrogen) atoms. The molecular weight excluding hydrogens is 238 g/mol. The maximum atomic E-state index is 5.15. The van der Waals surface area contributed by atoms with Gasteiger partial charge < -0.3 is 9.75 Å². The van der Waals surface area contributed by atoms with Gasteiger partial charge in [-0.1, -0.05) is 0 Å². The Balaban J connectivity index is 1.93. The Morgan fingerprint density at radius 2 is 1.74 bits per heavy atom. The third kappa shape index (κ3) is 3.69. The van der Waals surface area contributed by atoms with Gasteiger partial charge in [-0.15, -0.1) is 0 Å². The van der Waals surface area contributed by atoms with Crippen molar-refractivity contribution in [3.05, 3.63) is 54.4 Å². The van der Waals surface area contributed by atoms with Crippen LogP contribution in [0.4, 0.5) is 5.69 Å². The van der Waals surface area contributed by atoms with Gasteiger partial charge in [0.2, 0.25) is 0 Å². The monoisotopic (exact) mass is 258 g/mol. The largest absolute Gasteiger partial charge is 0.497 e. The second kappa shape index (κ2) is 6.20. The van der Waals surface area contributed by atoms with Gasteiger partial charge in [0, 0.05) is 25.7 Å². The highest BCUT2D eigenvalue weighted by Crippen LogP contribution is 2.16. The molecule has 0 radical (unpaired) electrons. The summed E-state index contributed by atoms with van der Waals surface area (Å²) in [6, 6.07) is 12.2. The van der Waals surface area contributed by atoms with Crippen molar-refractivity contribution < 1.29 is 9.30 Å². The fourth-order valence-electron chi connectivity index (χ4n) is 1.76. The molecule has 1 aromatic heterocycles. The van der Waals surface area contributed by atoms with Crippen molar-refractivity contribution >= 4 is 5.69 Å². The molecule has 0 bridgehead atoms. The van der Waals surface area contributed by atoms with Crippen molar-refractivity contribution in [2.75, 3.05) is 19.2 Å². The normalized spacial score (nSPS) is 10.3. The van der Waals surface area contributed by atoms with E-state index in [9.17, 15) is 0 Å². The molecule has 0 saturated heterocycles. The zero-order valence-electron chi connectivity index (χ0n) is 11.6. The minimum absolute atomic E-state index is 0.795. The Kier molecular flexibility index (Phi) is 4.36. The number of methoxy groups -OCH3 is 1. The van der Waals surface area contributed by atoms with E-state index in [-0.39, 0.29) is 0 Å². The van der Waals surface area contributed by atoms with Crippen molar-refractivity contribution in [3.63, 3.8) is 0 Å². The van der Waals surface area contributed by atoms with Crippen molar-refractivity contribution in [1.82, 2.24) is 5.43 Å². The number of aromatic nitrogens is 1. The molecule has 0 aliphatic carbocycles. The van der Waals surface area contributed by atoms with Crippen LogP contribution in [0.15, 0.2) is 48.8 Å². The van der Waals surface area contributed by atoms with Crippen molar-refractivity contribution in [3.8, 4) is 5.75 Å². The van der Waals surface area contributed by atoms with Crippen LogP contribution in [-0.2, 0) is 13.6 Å². The number of nitrogens with zero attached hydrogens (tertiary/aromatic N) is 2. The van der Waals surface area contributed by atoms with Crippen LogP contribution in [0.2, 0.25) is 0 Å². The Hall–Kier alpha value is -2.07. The van der Waals surface area contributed by atoms with E-state index in [4.69, 9.17) is 4.74 Å². The average Bonchev–Trinajstić information content (AvgIpc) is 2.46. The van der Waals surface area contributed by atoms with Gasteiger partial charge in [-0.25, -0.2) is 9.99 Å². The number of anilines is 1. The van der Waals surface area contributed by atoms with E-state index in [1.54, 1.807) is 7.11 Å². The topological polar surface area (TPSA) is 28.4 Å². The Labute approximate surface area is 114 Å². The minimum atomic E-state index is 0.795. The molecule has 0 amide bonds. The Bertz CT molecular complexity index is 508. The Morgan fingerprint density at radius 3 is 2.32 bits per heavy atom. The second-order valence-electron chi connectivity index (χ2n) is 4.46. The van der Waals surface area contributed by atoms with Crippen molar-refractivity contribution in [2.24, 2.45) is 7.05 Å². The lowest BCUT2D eigenvalue weighted by Crippen LogP contribution is -2.34. The molecule has 0 atom stereocenters. The molecule has 0 aliphatic heterocycles. The number of hydrogen-bond acceptors (Lipinski definition) is 3. The smallest absolute Gasteiger partial charge is 0.168 e. The Morgan fingerprint density at radius 1 is 1.11 bits per heavy atom. The lowest BCUT2D eigenvalue weighted by Gasteiger charge is -2.20. The minimum Gasteiger partial charge on any atom is -0.497 e. The quantitative estimate of drug-likeness (QED) is 0.653. The van der Waals surface area contributed by atoms with Crippen LogP contribution >= 0.6 is 0 Å². The first kappa shape index (κ1) is 13.4. The number of benzene rings is 1. The van der Waals surface area contributed by atoms with Gasteiger partial charge in [-0.3, -0.25) is 0 Å². The highest BCUT2D eigenvalue weighted by Gasteiger charge is 2.02. The van der Waals surface area contributed by atoms with Crippen molar-refractivity contribution in [2.45, 2.75) is 6.54 Å². The van der Waals surface area contributed by atoms with E-state index >= 15 is 0 Å². The SMILES string of the molecule is COc1ccc(N(C)NCc2cc[n+](C)cc2)cc1. The molecule has 0 spiro atoms. The summed E-state index contributed by atoms with van der Waals surface area (Å²) >= 11 is 0. The predicted molar refractivity (Wildman–Crippen MR) is 75.9 cm³/mol. The number of ether oxygens (including phenoxy) is 1. The molecule has 4 nitrogen and oxygen atoms in total. The third-order valence-corrected chi connectivity index (χ3v) is 3.03. The third-order valence-electron chi connectivity index (χ3n) is 3.03. The fourth-order valence-corrected chi connectivity index (χ4v) is 1.76. The van der Waals surface area contributed by atoms with Crippen LogP contribution in [0.3, 0.4) is 0 Å². The fraction of sp³-hybridized carbons (Fsp3) is 0.267. The molecule has 2 rings (SSSR count). The number of pyridine rings is 1. The van der Waals surface area contributed by atoms with Gasteiger partial charge in [0.05, 0.1) is 12.8 Å². The van der Waals surface area contributed by atoms with E-state index < -0.39 is 0 Å². The van der Waals surface area contributed by atoms with Gasteiger partial charge >= 0.3 is 0 Å². The molecule has 1 heterocycles. The first-order valence-electron chi connectivity index (χ1n) is 6.24. The number of aryl methyl sites for hydroxylation is 1. The summed E-state index contributed by atoms with van der Waals surface area (Å²) in [5, 5.41) is 2.01. The summed E-state index contributed by atoms with van der Waals surface area (Å²) in [7, 11) is 5.69. The highest BCUT2D eigenvalue weighted by atomic mass is 16.5. The molecule has 100 valence electrons. The molecule has 0 fully saturated rings. The van der Waals surface area contributed by atoms with Crippen LogP contribution in [0.5, 0.6) is 5.75 Å². The molecule has 2 aromatic rings. The number of hydrogen-bond donors (Lipinski definition) is 1. The summed E-state index contributed by atoms with van der Waals surface area (Å²) in [6.07, 6.45) is 4.09. The molecule has 0 saturated carbocycles. The van der Waals surface area contributed by atoms with Gasteiger partial charge in [-0.2, -0.15) is 0 Å². The molecule has 1 aromatic carbocycles. The molecule has 0 unspecified atom stereocenters. The van der Waals surface area contributed by atoms with Gasteiger partial charge in [0.1, 0.15) is 12.8 Å². The zero-order chi connectivity index (χ0) is 13.7. The maximum absolute atomic E-state index is 5.15. The molecular formula is C15H20N3O+. The standard InChI is InChI=1S/C15H20N3O/c1-17-10-8-13(9-11-17)12-16-18(2)14-4-6-15(19-3)7-5-14/h4-11,16H,12H2,1-3H3/q+1. The number of rotatable bonds is 5. The van der Waals surface area contributed by atoms with Crippen LogP contribution in [-0.4, -0.2) is 14.2 Å². The van der Waals surface area contributed by atoms with Crippen LogP contribution in [0.25, 0.3) is 0 Å². The summed E-state index contributed by atoms with van der Waals surface area (Å²) in [4.78, 5) is 0. The molecule has 1 N–H and O–H groups in total. The lowest BCUT2D eigenvalue weighted by atomic mass is 10.2. The van der Waals surface area contributed by atoms with Gasteiger partial charge in [0.15, 0.2) is 12.4 Å². The van der Waals surface area contributed by atoms with Crippen LogP contribution in [0, 0.1) is 0 Å². The molecule has 0 aliphatic rings. The highest BCUT2D eigenvalue weighted by molar-refractivity contribution is 5.47. The van der Waals surface area contributed by atoms with E-state index in [1.165, 1.54) is 5.56 Å². The summed E-state index contributed by atoms with van der Waals surface area (Å²) in [5.74, 6) is 0.868. The average molecular weight is 258 g/mol. The zero-order valence-corrected chi connectivity index (χ0v) is 11.6. The maximum Gasteiger partial charge on any atom is 0.168 e. The van der Waals surface area contributed by atoms with Crippen molar-refractivity contribution in [1.29, 1.82) is 0 Å². The van der Waals surface area contributed by atoms with E-state index in [0.717, 1.165) is 18.0 Å². The van der Waals surface area contributed by atoms with E-state index in [0.29, 0.717) is 0 Å². The summed E-state index contributed by atoms with van der Waals surface area (Å²) in [6.45, 7) is 0.795. The van der Waals surface area contributed by atoms with Gasteiger partial charge in [0.25, 0.3) is 0 Å². The van der Waals surface area contributed by atoms with E-state index in [2.05, 4.69) is 17.6 Å². The number of nitrogens with one attached hydrogen (secondary N) is 1. The van der Waals surface area contributed by atoms with Gasteiger partial charge in [-0.05, 0) is 29.8 Å². The summed E-state index contributed by atoms with van der Waals surface area (Å²) in [5.41, 5.74) is 5.70.